The Morgan fingerprint density at radius 3 is 2.40 bits per heavy atom. The molecule has 0 unspecified atom stereocenters. The number of hydrogen-bond acceptors (Lipinski definition) is 5. The van der Waals surface area contributed by atoms with Crippen molar-refractivity contribution in [2.75, 3.05) is 20.3 Å². The summed E-state index contributed by atoms with van der Waals surface area (Å²) in [5.41, 5.74) is 1.11. The topological polar surface area (TPSA) is 61.8 Å². The van der Waals surface area contributed by atoms with Gasteiger partial charge in [-0.3, -0.25) is 9.59 Å². The van der Waals surface area contributed by atoms with E-state index in [0.717, 1.165) is 5.56 Å². The van der Waals surface area contributed by atoms with Gasteiger partial charge in [0.05, 0.1) is 33.4 Å². The lowest BCUT2D eigenvalue weighted by molar-refractivity contribution is -0.146. The minimum absolute atomic E-state index is 0.00682. The van der Waals surface area contributed by atoms with E-state index in [1.54, 1.807) is 6.92 Å². The van der Waals surface area contributed by atoms with Crippen molar-refractivity contribution in [3.8, 4) is 0 Å². The number of ether oxygens (including phenoxy) is 3. The second-order valence-corrected chi connectivity index (χ2v) is 6.17. The number of methoxy groups -OCH3 is 1. The monoisotopic (exact) mass is 346 g/mol. The highest BCUT2D eigenvalue weighted by atomic mass is 16.5. The Bertz CT molecular complexity index is 581. The number of hydrogen-bond donors (Lipinski definition) is 0. The maximum Gasteiger partial charge on any atom is 0.306 e. The van der Waals surface area contributed by atoms with Crippen molar-refractivity contribution in [2.24, 2.45) is 17.8 Å². The first kappa shape index (κ1) is 19.2. The summed E-state index contributed by atoms with van der Waals surface area (Å²) in [7, 11) is 1.38. The van der Waals surface area contributed by atoms with Gasteiger partial charge in [-0.1, -0.05) is 42.5 Å². The van der Waals surface area contributed by atoms with Crippen LogP contribution in [0, 0.1) is 17.8 Å². The fourth-order valence-corrected chi connectivity index (χ4v) is 3.16. The normalized spacial score (nSPS) is 21.9. The van der Waals surface area contributed by atoms with Crippen LogP contribution in [0.15, 0.2) is 42.5 Å². The van der Waals surface area contributed by atoms with Gasteiger partial charge in [0, 0.05) is 12.3 Å². The van der Waals surface area contributed by atoms with Gasteiger partial charge in [0.1, 0.15) is 0 Å². The van der Waals surface area contributed by atoms with Crippen molar-refractivity contribution < 1.29 is 23.8 Å². The van der Waals surface area contributed by atoms with E-state index in [1.807, 2.05) is 42.5 Å². The Morgan fingerprint density at radius 2 is 1.72 bits per heavy atom. The van der Waals surface area contributed by atoms with E-state index in [4.69, 9.17) is 14.2 Å². The fraction of sp³-hybridized carbons (Fsp3) is 0.500. The van der Waals surface area contributed by atoms with Crippen molar-refractivity contribution >= 4 is 11.9 Å². The first-order valence-corrected chi connectivity index (χ1v) is 8.66. The largest absolute Gasteiger partial charge is 0.469 e. The van der Waals surface area contributed by atoms with Crippen molar-refractivity contribution in [3.05, 3.63) is 48.0 Å². The first-order chi connectivity index (χ1) is 12.1. The summed E-state index contributed by atoms with van der Waals surface area (Å²) in [5.74, 6) is -0.452. The molecule has 0 N–H and O–H groups in total. The minimum Gasteiger partial charge on any atom is -0.469 e. The van der Waals surface area contributed by atoms with E-state index in [9.17, 15) is 9.59 Å². The molecule has 0 spiro atoms. The molecular weight excluding hydrogens is 320 g/mol. The Morgan fingerprint density at radius 1 is 1.00 bits per heavy atom. The molecule has 25 heavy (non-hydrogen) atoms. The maximum atomic E-state index is 11.8. The fourth-order valence-electron chi connectivity index (χ4n) is 3.16. The molecule has 0 saturated carbocycles. The summed E-state index contributed by atoms with van der Waals surface area (Å²) >= 11 is 0. The number of benzene rings is 1. The summed E-state index contributed by atoms with van der Waals surface area (Å²) in [5, 5.41) is 0. The van der Waals surface area contributed by atoms with Gasteiger partial charge in [0.25, 0.3) is 0 Å². The molecule has 1 aliphatic rings. The quantitative estimate of drug-likeness (QED) is 0.508. The van der Waals surface area contributed by atoms with Crippen LogP contribution >= 0.6 is 0 Å². The van der Waals surface area contributed by atoms with E-state index in [-0.39, 0.29) is 42.5 Å². The molecule has 3 atom stereocenters. The lowest BCUT2D eigenvalue weighted by Crippen LogP contribution is -2.25. The molecule has 2 rings (SSSR count). The van der Waals surface area contributed by atoms with Crippen LogP contribution in [-0.4, -0.2) is 32.3 Å². The smallest absolute Gasteiger partial charge is 0.306 e. The third-order valence-electron chi connectivity index (χ3n) is 4.46. The van der Waals surface area contributed by atoms with E-state index in [1.165, 1.54) is 7.11 Å². The van der Waals surface area contributed by atoms with Crippen LogP contribution in [0.3, 0.4) is 0 Å². The van der Waals surface area contributed by atoms with E-state index in [0.29, 0.717) is 19.8 Å². The summed E-state index contributed by atoms with van der Waals surface area (Å²) in [4.78, 5) is 23.6. The molecule has 1 aromatic carbocycles. The molecule has 1 aliphatic carbocycles. The molecule has 0 radical (unpaired) electrons. The Labute approximate surface area is 149 Å². The first-order valence-electron chi connectivity index (χ1n) is 8.66. The number of esters is 2. The van der Waals surface area contributed by atoms with Gasteiger partial charge in [-0.2, -0.15) is 0 Å². The molecule has 5 heteroatoms. The van der Waals surface area contributed by atoms with E-state index < -0.39 is 0 Å². The SMILES string of the molecule is CCOC(=O)C[C@H]1C=C[C@H](COCc2ccccc2)[C@H]1CC(=O)OC. The maximum absolute atomic E-state index is 11.8. The summed E-state index contributed by atoms with van der Waals surface area (Å²) < 4.78 is 15.7. The van der Waals surface area contributed by atoms with Crippen LogP contribution in [0.5, 0.6) is 0 Å². The van der Waals surface area contributed by atoms with Gasteiger partial charge >= 0.3 is 11.9 Å². The van der Waals surface area contributed by atoms with Gasteiger partial charge in [-0.15, -0.1) is 0 Å². The molecule has 0 bridgehead atoms. The van der Waals surface area contributed by atoms with Crippen LogP contribution in [0.2, 0.25) is 0 Å². The zero-order chi connectivity index (χ0) is 18.1. The zero-order valence-corrected chi connectivity index (χ0v) is 14.9. The molecule has 0 amide bonds. The zero-order valence-electron chi connectivity index (χ0n) is 14.9. The molecule has 1 aromatic rings. The van der Waals surface area contributed by atoms with Crippen LogP contribution in [0.1, 0.15) is 25.3 Å². The lowest BCUT2D eigenvalue weighted by Gasteiger charge is -2.24. The van der Waals surface area contributed by atoms with Crippen LogP contribution in [0.4, 0.5) is 0 Å². The number of carbonyl (C=O) groups excluding carboxylic acids is 2. The van der Waals surface area contributed by atoms with Gasteiger partial charge in [0.15, 0.2) is 0 Å². The summed E-state index contributed by atoms with van der Waals surface area (Å²) in [6, 6.07) is 9.95. The van der Waals surface area contributed by atoms with Crippen molar-refractivity contribution in [2.45, 2.75) is 26.4 Å². The second kappa shape index (κ2) is 9.99. The molecule has 0 heterocycles. The molecule has 136 valence electrons. The highest BCUT2D eigenvalue weighted by Crippen LogP contribution is 2.36. The predicted molar refractivity (Wildman–Crippen MR) is 93.6 cm³/mol. The third-order valence-corrected chi connectivity index (χ3v) is 4.46. The highest BCUT2D eigenvalue weighted by Gasteiger charge is 2.35. The Hall–Kier alpha value is -2.14. The van der Waals surface area contributed by atoms with Gasteiger partial charge in [0.2, 0.25) is 0 Å². The minimum atomic E-state index is -0.268. The summed E-state index contributed by atoms with van der Waals surface area (Å²) in [6.45, 7) is 3.18. The highest BCUT2D eigenvalue weighted by molar-refractivity contribution is 5.71. The van der Waals surface area contributed by atoms with Gasteiger partial charge < -0.3 is 14.2 Å². The van der Waals surface area contributed by atoms with E-state index >= 15 is 0 Å². The average Bonchev–Trinajstić information content (AvgIpc) is 2.97. The lowest BCUT2D eigenvalue weighted by atomic mass is 9.84. The summed E-state index contributed by atoms with van der Waals surface area (Å²) in [6.07, 6.45) is 4.59. The number of rotatable bonds is 9. The van der Waals surface area contributed by atoms with Gasteiger partial charge in [-0.25, -0.2) is 0 Å². The standard InChI is InChI=1S/C20H26O5/c1-3-25-20(22)11-16-9-10-17(18(16)12-19(21)23-2)14-24-13-15-7-5-4-6-8-15/h4-10,16-18H,3,11-14H2,1-2H3/t16-,17-,18+/m1/s1. The Kier molecular flexibility index (Phi) is 7.67. The van der Waals surface area contributed by atoms with Crippen LogP contribution in [-0.2, 0) is 30.4 Å². The van der Waals surface area contributed by atoms with Crippen molar-refractivity contribution in [1.29, 1.82) is 0 Å². The molecule has 0 aromatic heterocycles. The predicted octanol–water partition coefficient (Wildman–Crippen LogP) is 3.14. The van der Waals surface area contributed by atoms with Crippen molar-refractivity contribution in [3.63, 3.8) is 0 Å². The van der Waals surface area contributed by atoms with E-state index in [2.05, 4.69) is 0 Å². The molecule has 0 fully saturated rings. The number of allylic oxidation sites excluding steroid dienone is 1. The number of carbonyl (C=O) groups is 2. The van der Waals surface area contributed by atoms with Crippen molar-refractivity contribution in [1.82, 2.24) is 0 Å². The molecular formula is C20H26O5. The molecule has 0 saturated heterocycles. The van der Waals surface area contributed by atoms with Crippen LogP contribution < -0.4 is 0 Å². The van der Waals surface area contributed by atoms with Crippen LogP contribution in [0.25, 0.3) is 0 Å². The Balaban J connectivity index is 1.92. The molecule has 5 nitrogen and oxygen atoms in total. The third kappa shape index (κ3) is 6.02. The average molecular weight is 346 g/mol. The molecule has 0 aliphatic heterocycles. The van der Waals surface area contributed by atoms with Gasteiger partial charge in [-0.05, 0) is 24.3 Å². The second-order valence-electron chi connectivity index (χ2n) is 6.17.